The number of aliphatic hydroxyl groups is 1. The third kappa shape index (κ3) is 4.55. The monoisotopic (exact) mass is 386 g/mol. The zero-order valence-corrected chi connectivity index (χ0v) is 15.4. The van der Waals surface area contributed by atoms with Crippen LogP contribution in [0.4, 0.5) is 10.1 Å². The number of halogens is 1. The first-order valence-electron chi connectivity index (χ1n) is 9.20. The van der Waals surface area contributed by atoms with Crippen LogP contribution in [0, 0.1) is 11.7 Å². The van der Waals surface area contributed by atoms with E-state index >= 15 is 0 Å². The number of ether oxygens (including phenoxy) is 1. The Morgan fingerprint density at radius 1 is 1.04 bits per heavy atom. The molecule has 0 spiro atoms. The van der Waals surface area contributed by atoms with E-state index in [4.69, 9.17) is 4.74 Å². The Hall–Kier alpha value is -2.77. The minimum absolute atomic E-state index is 0.0783. The quantitative estimate of drug-likeness (QED) is 0.688. The molecule has 148 valence electrons. The molecule has 3 N–H and O–H groups in total. The molecule has 0 radical (unpaired) electrons. The van der Waals surface area contributed by atoms with E-state index in [1.807, 2.05) is 18.2 Å². The maximum atomic E-state index is 13.7. The number of para-hydroxylation sites is 1. The van der Waals surface area contributed by atoms with Crippen molar-refractivity contribution in [3.63, 3.8) is 0 Å². The molecule has 7 heteroatoms. The third-order valence-electron chi connectivity index (χ3n) is 5.02. The van der Waals surface area contributed by atoms with Crippen molar-refractivity contribution in [1.82, 2.24) is 5.32 Å². The number of benzene rings is 2. The second-order valence-electron chi connectivity index (χ2n) is 6.79. The first-order valence-corrected chi connectivity index (χ1v) is 9.20. The Balaban J connectivity index is 1.70. The van der Waals surface area contributed by atoms with Gasteiger partial charge in [0.1, 0.15) is 11.4 Å². The second kappa shape index (κ2) is 8.95. The summed E-state index contributed by atoms with van der Waals surface area (Å²) >= 11 is 0. The summed E-state index contributed by atoms with van der Waals surface area (Å²) in [5, 5.41) is 16.1. The van der Waals surface area contributed by atoms with Crippen LogP contribution in [0.5, 0.6) is 0 Å². The van der Waals surface area contributed by atoms with Crippen LogP contribution in [0.15, 0.2) is 54.6 Å². The molecule has 6 nitrogen and oxygen atoms in total. The largest absolute Gasteiger partial charge is 0.383 e. The number of nitrogens with one attached hydrogen (secondary N) is 2. The highest BCUT2D eigenvalue weighted by molar-refractivity contribution is 6.39. The number of carbonyl (C=O) groups is 2. The maximum absolute atomic E-state index is 13.7. The number of anilines is 1. The molecule has 0 aliphatic carbocycles. The summed E-state index contributed by atoms with van der Waals surface area (Å²) in [5.74, 6) is -2.69. The number of rotatable bonds is 5. The van der Waals surface area contributed by atoms with Crippen LogP contribution in [0.25, 0.3) is 0 Å². The van der Waals surface area contributed by atoms with E-state index < -0.39 is 23.2 Å². The van der Waals surface area contributed by atoms with Gasteiger partial charge in [-0.3, -0.25) is 9.59 Å². The van der Waals surface area contributed by atoms with Gasteiger partial charge in [0, 0.05) is 13.2 Å². The predicted octanol–water partition coefficient (Wildman–Crippen LogP) is 2.19. The van der Waals surface area contributed by atoms with Gasteiger partial charge < -0.3 is 20.5 Å². The zero-order valence-electron chi connectivity index (χ0n) is 15.4. The van der Waals surface area contributed by atoms with Gasteiger partial charge >= 0.3 is 11.8 Å². The van der Waals surface area contributed by atoms with Gasteiger partial charge in [-0.2, -0.15) is 0 Å². The van der Waals surface area contributed by atoms with E-state index in [0.717, 1.165) is 0 Å². The lowest BCUT2D eigenvalue weighted by atomic mass is 9.77. The van der Waals surface area contributed by atoms with Crippen LogP contribution in [0.2, 0.25) is 0 Å². The standard InChI is InChI=1S/C21H23FN2O4/c22-17-8-4-5-9-18(17)24-20(26)19(25)23-14-21(27,15-6-2-1-3-7-15)16-10-12-28-13-11-16/h1-9,16,27H,10-14H2,(H,23,25)(H,24,26)/t21-/m0/s1. The fourth-order valence-electron chi connectivity index (χ4n) is 3.42. The van der Waals surface area contributed by atoms with Gasteiger partial charge in [0.15, 0.2) is 0 Å². The molecular weight excluding hydrogens is 363 g/mol. The average Bonchev–Trinajstić information content (AvgIpc) is 2.74. The number of hydrogen-bond donors (Lipinski definition) is 3. The summed E-state index contributed by atoms with van der Waals surface area (Å²) in [6, 6.07) is 14.6. The van der Waals surface area contributed by atoms with E-state index in [2.05, 4.69) is 10.6 Å². The zero-order chi connectivity index (χ0) is 20.0. The molecule has 2 aromatic rings. The molecule has 1 fully saturated rings. The Kier molecular flexibility index (Phi) is 6.38. The first-order chi connectivity index (χ1) is 13.5. The lowest BCUT2D eigenvalue weighted by Crippen LogP contribution is -2.49. The Labute approximate surface area is 162 Å². The van der Waals surface area contributed by atoms with Gasteiger partial charge in [-0.25, -0.2) is 4.39 Å². The fraction of sp³-hybridized carbons (Fsp3) is 0.333. The van der Waals surface area contributed by atoms with E-state index in [1.54, 1.807) is 18.2 Å². The Morgan fingerprint density at radius 3 is 2.36 bits per heavy atom. The lowest BCUT2D eigenvalue weighted by molar-refractivity contribution is -0.137. The normalized spacial score (nSPS) is 16.8. The molecule has 2 aromatic carbocycles. The summed E-state index contributed by atoms with van der Waals surface area (Å²) in [7, 11) is 0. The van der Waals surface area contributed by atoms with Crippen LogP contribution in [0.3, 0.4) is 0 Å². The van der Waals surface area contributed by atoms with Gasteiger partial charge in [-0.05, 0) is 36.5 Å². The van der Waals surface area contributed by atoms with Crippen molar-refractivity contribution in [2.75, 3.05) is 25.1 Å². The van der Waals surface area contributed by atoms with Crippen molar-refractivity contribution >= 4 is 17.5 Å². The number of hydrogen-bond acceptors (Lipinski definition) is 4. The molecule has 0 saturated carbocycles. The molecule has 0 bridgehead atoms. The molecule has 1 aliphatic heterocycles. The van der Waals surface area contributed by atoms with Crippen LogP contribution in [0.1, 0.15) is 18.4 Å². The van der Waals surface area contributed by atoms with Crippen molar-refractivity contribution in [3.8, 4) is 0 Å². The smallest absolute Gasteiger partial charge is 0.313 e. The highest BCUT2D eigenvalue weighted by Gasteiger charge is 2.39. The van der Waals surface area contributed by atoms with Crippen LogP contribution in [-0.2, 0) is 19.9 Å². The van der Waals surface area contributed by atoms with E-state index in [0.29, 0.717) is 31.6 Å². The molecular formula is C21H23FN2O4. The van der Waals surface area contributed by atoms with Crippen LogP contribution in [-0.4, -0.2) is 36.7 Å². The Bertz CT molecular complexity index is 824. The predicted molar refractivity (Wildman–Crippen MR) is 102 cm³/mol. The van der Waals surface area contributed by atoms with Crippen LogP contribution < -0.4 is 10.6 Å². The van der Waals surface area contributed by atoms with E-state index in [1.165, 1.54) is 18.2 Å². The minimum Gasteiger partial charge on any atom is -0.383 e. The van der Waals surface area contributed by atoms with Gasteiger partial charge in [-0.15, -0.1) is 0 Å². The van der Waals surface area contributed by atoms with Crippen molar-refractivity contribution in [2.45, 2.75) is 18.4 Å². The lowest BCUT2D eigenvalue weighted by Gasteiger charge is -2.39. The molecule has 0 unspecified atom stereocenters. The maximum Gasteiger partial charge on any atom is 0.313 e. The van der Waals surface area contributed by atoms with Crippen molar-refractivity contribution in [3.05, 3.63) is 66.0 Å². The first kappa shape index (κ1) is 20.0. The number of amides is 2. The summed E-state index contributed by atoms with van der Waals surface area (Å²) in [6.07, 6.45) is 1.28. The van der Waals surface area contributed by atoms with Crippen molar-refractivity contribution in [2.24, 2.45) is 5.92 Å². The topological polar surface area (TPSA) is 87.7 Å². The summed E-state index contributed by atoms with van der Waals surface area (Å²) in [6.45, 7) is 0.925. The van der Waals surface area contributed by atoms with Gasteiger partial charge in [0.05, 0.1) is 12.2 Å². The summed E-state index contributed by atoms with van der Waals surface area (Å²) in [5.41, 5.74) is -0.749. The second-order valence-corrected chi connectivity index (χ2v) is 6.79. The molecule has 2 amide bonds. The SMILES string of the molecule is O=C(NC[C@](O)(c1ccccc1)C1CCOCC1)C(=O)Nc1ccccc1F. The minimum atomic E-state index is -1.33. The van der Waals surface area contributed by atoms with Gasteiger partial charge in [0.25, 0.3) is 0 Å². The van der Waals surface area contributed by atoms with E-state index in [9.17, 15) is 19.1 Å². The molecule has 1 saturated heterocycles. The third-order valence-corrected chi connectivity index (χ3v) is 5.02. The van der Waals surface area contributed by atoms with Crippen molar-refractivity contribution in [1.29, 1.82) is 0 Å². The average molecular weight is 386 g/mol. The summed E-state index contributed by atoms with van der Waals surface area (Å²) in [4.78, 5) is 24.3. The molecule has 28 heavy (non-hydrogen) atoms. The Morgan fingerprint density at radius 2 is 1.68 bits per heavy atom. The van der Waals surface area contributed by atoms with Crippen LogP contribution >= 0.6 is 0 Å². The number of carbonyl (C=O) groups excluding carboxylic acids is 2. The molecule has 3 rings (SSSR count). The molecule has 1 heterocycles. The van der Waals surface area contributed by atoms with Gasteiger partial charge in [0.2, 0.25) is 0 Å². The molecule has 0 aromatic heterocycles. The van der Waals surface area contributed by atoms with Gasteiger partial charge in [-0.1, -0.05) is 42.5 Å². The van der Waals surface area contributed by atoms with Crippen molar-refractivity contribution < 1.29 is 23.8 Å². The fourth-order valence-corrected chi connectivity index (χ4v) is 3.42. The highest BCUT2D eigenvalue weighted by Crippen LogP contribution is 2.35. The highest BCUT2D eigenvalue weighted by atomic mass is 19.1. The van der Waals surface area contributed by atoms with E-state index in [-0.39, 0.29) is 18.2 Å². The summed E-state index contributed by atoms with van der Waals surface area (Å²) < 4.78 is 19.0. The molecule has 1 atom stereocenters. The molecule has 1 aliphatic rings.